The number of aliphatic imine (C=N–C) groups is 1. The third-order valence-electron chi connectivity index (χ3n) is 18.4. The van der Waals surface area contributed by atoms with Gasteiger partial charge in [0.15, 0.2) is 11.6 Å². The molecule has 3 fully saturated rings. The second-order valence-electron chi connectivity index (χ2n) is 22.9. The zero-order chi connectivity index (χ0) is 52.1. The molecule has 3 N–H and O–H groups in total. The van der Waals surface area contributed by atoms with Crippen molar-refractivity contribution < 1.29 is 33.7 Å². The van der Waals surface area contributed by atoms with Crippen molar-refractivity contribution in [3.8, 4) is 5.00 Å². The van der Waals surface area contributed by atoms with E-state index in [9.17, 15) is 19.5 Å². The maximum Gasteiger partial charge on any atom is 0.225 e. The van der Waals surface area contributed by atoms with Crippen molar-refractivity contribution in [2.24, 2.45) is 38.0 Å². The topological polar surface area (TPSA) is 166 Å². The maximum atomic E-state index is 14.0. The summed E-state index contributed by atoms with van der Waals surface area (Å²) in [6.07, 6.45) is 14.6. The van der Waals surface area contributed by atoms with Gasteiger partial charge >= 0.3 is 0 Å². The number of benzene rings is 1. The third kappa shape index (κ3) is 9.66. The Morgan fingerprint density at radius 1 is 0.836 bits per heavy atom. The van der Waals surface area contributed by atoms with Crippen LogP contribution in [0, 0.1) is 53.8 Å². The second-order valence-corrected chi connectivity index (χ2v) is 24.5. The van der Waals surface area contributed by atoms with Crippen molar-refractivity contribution in [1.82, 2.24) is 25.4 Å². The number of ether oxygens (including phenoxy) is 3. The number of ketones is 1. The molecule has 0 radical (unpaired) electrons. The highest BCUT2D eigenvalue weighted by Gasteiger charge is 2.67. The molecule has 6 aliphatic rings. The predicted octanol–water partition coefficient (Wildman–Crippen LogP) is 10.9. The Hall–Kier alpha value is -4.73. The van der Waals surface area contributed by atoms with E-state index in [1.54, 1.807) is 17.4 Å². The number of fused-ring (bicyclic) bond motifs is 10. The average molecular weight is 1040 g/mol. The van der Waals surface area contributed by atoms with E-state index >= 15 is 0 Å². The lowest BCUT2D eigenvalue weighted by Gasteiger charge is -2.70. The normalized spacial score (nSPS) is 29.3. The number of carbonyl (C=O) groups excluding carboxylic acids is 3. The molecule has 1 aliphatic heterocycles. The number of aliphatic hydroxyl groups is 1. The Labute approximate surface area is 440 Å². The fraction of sp³-hybridized carbons (Fsp3) is 0.586. The van der Waals surface area contributed by atoms with Crippen LogP contribution in [0.25, 0.3) is 5.00 Å². The zero-order valence-corrected chi connectivity index (χ0v) is 46.0. The van der Waals surface area contributed by atoms with Gasteiger partial charge in [-0.05, 0) is 143 Å². The van der Waals surface area contributed by atoms with E-state index < -0.39 is 11.5 Å². The van der Waals surface area contributed by atoms with E-state index in [-0.39, 0.29) is 51.4 Å². The van der Waals surface area contributed by atoms with E-state index in [4.69, 9.17) is 30.8 Å². The number of rotatable bonds is 18. The van der Waals surface area contributed by atoms with Crippen molar-refractivity contribution in [3.63, 3.8) is 0 Å². The number of amides is 2. The number of hydrogen-bond acceptors (Lipinski definition) is 11. The highest BCUT2D eigenvalue weighted by Crippen LogP contribution is 2.75. The molecule has 3 aromatic rings. The number of allylic oxidation sites excluding steroid dienone is 7. The molecule has 3 saturated carbocycles. The smallest absolute Gasteiger partial charge is 0.225 e. The van der Waals surface area contributed by atoms with Crippen LogP contribution < -0.4 is 10.6 Å². The SMILES string of the molecule is CC1=C(O)C(=O)C=C2C1=CC=C1[C@@]2(C)CC[C@@]2(C)[C@@H]3C[C@](C)(C(=O)NCCCOCCOCCOCCCNC(=O)CC4N=C(c5ccc(Cl)cc5)c5c(sc(C)c5C)-n5c(C)nnc54)CC[C@]3(C)CC[C@]12C. The van der Waals surface area contributed by atoms with Gasteiger partial charge in [0.05, 0.1) is 38.6 Å². The van der Waals surface area contributed by atoms with Crippen molar-refractivity contribution in [2.75, 3.05) is 52.7 Å². The molecular weight excluding hydrogens is 960 g/mol. The zero-order valence-electron chi connectivity index (χ0n) is 44.4. The lowest BCUT2D eigenvalue weighted by atomic mass is 9.34. The van der Waals surface area contributed by atoms with Gasteiger partial charge in [0, 0.05) is 63.7 Å². The molecule has 5 aliphatic carbocycles. The minimum absolute atomic E-state index is 0.0105. The molecular formula is C58H75ClN6O7S. The number of nitrogens with zero attached hydrogens (tertiary/aromatic N) is 4. The Bertz CT molecular complexity index is 2820. The highest BCUT2D eigenvalue weighted by molar-refractivity contribution is 7.15. The van der Waals surface area contributed by atoms with E-state index in [1.807, 2.05) is 42.7 Å². The molecule has 73 heavy (non-hydrogen) atoms. The third-order valence-corrected chi connectivity index (χ3v) is 19.9. The van der Waals surface area contributed by atoms with Gasteiger partial charge in [-0.2, -0.15) is 0 Å². The van der Waals surface area contributed by atoms with E-state index in [1.165, 1.54) is 10.5 Å². The molecule has 0 bridgehead atoms. The lowest BCUT2D eigenvalue weighted by Crippen LogP contribution is -2.62. The Morgan fingerprint density at radius 2 is 1.49 bits per heavy atom. The van der Waals surface area contributed by atoms with Crippen molar-refractivity contribution >= 4 is 46.2 Å². The van der Waals surface area contributed by atoms with Gasteiger partial charge in [-0.15, -0.1) is 21.5 Å². The lowest BCUT2D eigenvalue weighted by molar-refractivity contribution is -0.169. The van der Waals surface area contributed by atoms with Gasteiger partial charge in [-0.1, -0.05) is 76.1 Å². The van der Waals surface area contributed by atoms with Crippen LogP contribution >= 0.6 is 22.9 Å². The molecule has 2 aromatic heterocycles. The number of aryl methyl sites for hydroxylation is 2. The van der Waals surface area contributed by atoms with Gasteiger partial charge in [0.1, 0.15) is 16.9 Å². The average Bonchev–Trinajstić information content (AvgIpc) is 3.84. The summed E-state index contributed by atoms with van der Waals surface area (Å²) in [6.45, 7) is 23.8. The second kappa shape index (κ2) is 20.8. The largest absolute Gasteiger partial charge is 0.504 e. The molecule has 1 unspecified atom stereocenters. The monoisotopic (exact) mass is 1030 g/mol. The van der Waals surface area contributed by atoms with Gasteiger partial charge in [-0.25, -0.2) is 0 Å². The van der Waals surface area contributed by atoms with E-state index in [0.717, 1.165) is 95.7 Å². The summed E-state index contributed by atoms with van der Waals surface area (Å²) in [5.74, 6) is 1.37. The molecule has 1 aromatic carbocycles. The molecule has 3 heterocycles. The summed E-state index contributed by atoms with van der Waals surface area (Å²) in [5, 5.41) is 27.4. The summed E-state index contributed by atoms with van der Waals surface area (Å²) in [7, 11) is 0. The fourth-order valence-electron chi connectivity index (χ4n) is 13.6. The van der Waals surface area contributed by atoms with Crippen LogP contribution in [-0.2, 0) is 28.6 Å². The molecule has 15 heteroatoms. The van der Waals surface area contributed by atoms with Crippen LogP contribution in [0.1, 0.15) is 145 Å². The quantitative estimate of drug-likeness (QED) is 0.105. The number of hydrogen-bond donors (Lipinski definition) is 3. The molecule has 7 atom stereocenters. The number of thiophene rings is 1. The number of aliphatic hydroxyl groups excluding tert-OH is 1. The molecule has 0 saturated heterocycles. The molecule has 0 spiro atoms. The van der Waals surface area contributed by atoms with E-state index in [2.05, 4.69) is 81.4 Å². The minimum atomic E-state index is -0.527. The number of aromatic nitrogens is 3. The summed E-state index contributed by atoms with van der Waals surface area (Å²) >= 11 is 7.93. The van der Waals surface area contributed by atoms with Crippen LogP contribution in [0.4, 0.5) is 0 Å². The first-order valence-electron chi connectivity index (χ1n) is 26.5. The molecule has 9 rings (SSSR count). The van der Waals surface area contributed by atoms with Gasteiger partial charge in [-0.3, -0.25) is 23.9 Å². The number of nitrogens with one attached hydrogen (secondary N) is 2. The van der Waals surface area contributed by atoms with E-state index in [0.29, 0.717) is 81.5 Å². The Balaban J connectivity index is 0.661. The van der Waals surface area contributed by atoms with Crippen LogP contribution in [0.5, 0.6) is 0 Å². The summed E-state index contributed by atoms with van der Waals surface area (Å²) in [4.78, 5) is 46.7. The first kappa shape index (κ1) is 53.1. The Kier molecular flexibility index (Phi) is 15.1. The Morgan fingerprint density at radius 3 is 2.19 bits per heavy atom. The summed E-state index contributed by atoms with van der Waals surface area (Å²) in [6, 6.07) is 7.13. The van der Waals surface area contributed by atoms with Gasteiger partial charge in [0.2, 0.25) is 17.6 Å². The van der Waals surface area contributed by atoms with Crippen LogP contribution in [-0.4, -0.2) is 95.9 Å². The maximum absolute atomic E-state index is 14.0. The number of halogens is 1. The first-order chi connectivity index (χ1) is 34.7. The van der Waals surface area contributed by atoms with Crippen LogP contribution in [0.15, 0.2) is 75.5 Å². The number of carbonyl (C=O) groups is 3. The summed E-state index contributed by atoms with van der Waals surface area (Å²) < 4.78 is 19.4. The van der Waals surface area contributed by atoms with Crippen LogP contribution in [0.2, 0.25) is 5.02 Å². The summed E-state index contributed by atoms with van der Waals surface area (Å²) in [5.41, 5.74) is 7.39. The van der Waals surface area contributed by atoms with Crippen molar-refractivity contribution in [2.45, 2.75) is 133 Å². The van der Waals surface area contributed by atoms with Gasteiger partial charge < -0.3 is 30.0 Å². The van der Waals surface area contributed by atoms with Crippen molar-refractivity contribution in [1.29, 1.82) is 0 Å². The fourth-order valence-corrected chi connectivity index (χ4v) is 14.9. The molecule has 2 amide bonds. The first-order valence-corrected chi connectivity index (χ1v) is 27.7. The van der Waals surface area contributed by atoms with Crippen LogP contribution in [0.3, 0.4) is 0 Å². The van der Waals surface area contributed by atoms with Gasteiger partial charge in [0.25, 0.3) is 0 Å². The molecule has 392 valence electrons. The highest BCUT2D eigenvalue weighted by atomic mass is 35.5. The minimum Gasteiger partial charge on any atom is -0.504 e. The molecule has 13 nitrogen and oxygen atoms in total. The standard InChI is InChI=1S/C58H75ClN6O7S/c1-35-37(3)73-52-48(35)49(39-12-14-40(59)15-13-39)62-43(51-64-63-38(4)65(51)52)33-47(67)60-24-10-26-70-28-30-72-31-29-71-27-11-25-61-53(69)55(6)19-18-54(5)20-22-57(8)45-17-16-41-36(2)50(68)44(66)32-42(41)56(45,7)21-23-58(57,9)46(54)34-55/h12-17,32,43,46,68H,10-11,18-31,33-34H2,1-9H3,(H,60,67)(H,61,69)/t43?,46-,54-,55-,56+,57-,58+/m1/s1. The van der Waals surface area contributed by atoms with Crippen molar-refractivity contribution in [3.05, 3.63) is 109 Å². The predicted molar refractivity (Wildman–Crippen MR) is 287 cm³/mol.